The van der Waals surface area contributed by atoms with Crippen molar-refractivity contribution >= 4 is 16.9 Å². The lowest BCUT2D eigenvalue weighted by Gasteiger charge is -2.27. The Morgan fingerprint density at radius 2 is 1.93 bits per heavy atom. The van der Waals surface area contributed by atoms with Crippen LogP contribution >= 0.6 is 0 Å². The Labute approximate surface area is 170 Å². The molecular formula is C21H18N6O3. The molecule has 0 unspecified atom stereocenters. The minimum Gasteiger partial charge on any atom is -0.332 e. The number of fused-ring (bicyclic) bond motifs is 2. The first-order valence-electron chi connectivity index (χ1n) is 9.55. The molecule has 1 aromatic carbocycles. The van der Waals surface area contributed by atoms with Gasteiger partial charge in [0.05, 0.1) is 23.0 Å². The van der Waals surface area contributed by atoms with Crippen molar-refractivity contribution in [3.8, 4) is 5.69 Å². The van der Waals surface area contributed by atoms with Crippen LogP contribution < -0.4 is 11.2 Å². The number of carbonyl (C=O) groups excluding carboxylic acids is 1. The lowest BCUT2D eigenvalue weighted by Crippen LogP contribution is -2.37. The number of nitrogens with one attached hydrogen (secondary N) is 2. The second-order valence-corrected chi connectivity index (χ2v) is 7.30. The number of H-pyrrole nitrogens is 2. The van der Waals surface area contributed by atoms with E-state index in [1.165, 1.54) is 0 Å². The molecule has 2 N–H and O–H groups in total. The maximum Gasteiger partial charge on any atom is 0.327 e. The Bertz CT molecular complexity index is 1400. The topological polar surface area (TPSA) is 117 Å². The first kappa shape index (κ1) is 18.0. The number of aromatic amines is 2. The number of hydrogen-bond acceptors (Lipinski definition) is 5. The lowest BCUT2D eigenvalue weighted by atomic mass is 10.1. The Hall–Kier alpha value is -4.01. The molecule has 0 spiro atoms. The van der Waals surface area contributed by atoms with Gasteiger partial charge in [-0.1, -0.05) is 18.2 Å². The van der Waals surface area contributed by atoms with Crippen LogP contribution in [-0.4, -0.2) is 42.1 Å². The molecule has 1 aliphatic rings. The van der Waals surface area contributed by atoms with Crippen molar-refractivity contribution < 1.29 is 4.79 Å². The van der Waals surface area contributed by atoms with Gasteiger partial charge in [0, 0.05) is 25.1 Å². The molecule has 0 atom stereocenters. The van der Waals surface area contributed by atoms with Gasteiger partial charge in [0.25, 0.3) is 11.5 Å². The average molecular weight is 402 g/mol. The van der Waals surface area contributed by atoms with Crippen LogP contribution in [0.4, 0.5) is 0 Å². The van der Waals surface area contributed by atoms with Crippen LogP contribution in [-0.2, 0) is 13.0 Å². The molecule has 0 saturated heterocycles. The third-order valence-corrected chi connectivity index (χ3v) is 5.34. The van der Waals surface area contributed by atoms with Gasteiger partial charge in [0.15, 0.2) is 0 Å². The predicted molar refractivity (Wildman–Crippen MR) is 110 cm³/mol. The molecule has 1 amide bonds. The minimum absolute atomic E-state index is 0.113. The fourth-order valence-electron chi connectivity index (χ4n) is 3.92. The number of para-hydroxylation sites is 1. The maximum atomic E-state index is 13.1. The van der Waals surface area contributed by atoms with Gasteiger partial charge in [-0.2, -0.15) is 5.10 Å². The van der Waals surface area contributed by atoms with E-state index in [4.69, 9.17) is 0 Å². The molecule has 1 aliphatic heterocycles. The van der Waals surface area contributed by atoms with Gasteiger partial charge >= 0.3 is 5.69 Å². The number of pyridine rings is 1. The number of benzene rings is 1. The van der Waals surface area contributed by atoms with E-state index in [0.717, 1.165) is 16.9 Å². The van der Waals surface area contributed by atoms with E-state index in [1.54, 1.807) is 24.1 Å². The van der Waals surface area contributed by atoms with E-state index in [2.05, 4.69) is 20.1 Å². The standard InChI is InChI=1S/C21H18N6O3/c1-12-9-15(23-18-17(12)19(28)25-21(30)24-18)20(29)26-8-7-16-13(11-26)10-22-27(16)14-5-3-2-4-6-14/h2-6,9-10H,7-8,11H2,1H3,(H2,23,24,25,28,30). The van der Waals surface area contributed by atoms with Crippen molar-refractivity contribution in [3.63, 3.8) is 0 Å². The summed E-state index contributed by atoms with van der Waals surface area (Å²) in [6, 6.07) is 11.5. The molecular weight excluding hydrogens is 384 g/mol. The number of aryl methyl sites for hydroxylation is 1. The van der Waals surface area contributed by atoms with Crippen LogP contribution in [0.3, 0.4) is 0 Å². The van der Waals surface area contributed by atoms with Gasteiger partial charge < -0.3 is 4.90 Å². The molecule has 0 bridgehead atoms. The summed E-state index contributed by atoms with van der Waals surface area (Å²) in [6.07, 6.45) is 2.46. The molecule has 5 rings (SSSR count). The molecule has 150 valence electrons. The Morgan fingerprint density at radius 3 is 2.73 bits per heavy atom. The second-order valence-electron chi connectivity index (χ2n) is 7.30. The Balaban J connectivity index is 1.47. The van der Waals surface area contributed by atoms with Crippen LogP contribution in [0, 0.1) is 6.92 Å². The summed E-state index contributed by atoms with van der Waals surface area (Å²) in [7, 11) is 0. The zero-order valence-electron chi connectivity index (χ0n) is 16.2. The third-order valence-electron chi connectivity index (χ3n) is 5.34. The fraction of sp³-hybridized carbons (Fsp3) is 0.190. The van der Waals surface area contributed by atoms with Crippen molar-refractivity contribution in [1.82, 2.24) is 29.6 Å². The smallest absolute Gasteiger partial charge is 0.327 e. The second kappa shape index (κ2) is 6.80. The summed E-state index contributed by atoms with van der Waals surface area (Å²) in [6.45, 7) is 2.66. The molecule has 4 aromatic rings. The summed E-state index contributed by atoms with van der Waals surface area (Å²) in [5, 5.41) is 4.77. The summed E-state index contributed by atoms with van der Waals surface area (Å²) in [5.41, 5.74) is 2.77. The molecule has 0 radical (unpaired) electrons. The van der Waals surface area contributed by atoms with Gasteiger partial charge in [-0.3, -0.25) is 19.6 Å². The van der Waals surface area contributed by atoms with E-state index in [9.17, 15) is 14.4 Å². The number of hydrogen-bond donors (Lipinski definition) is 2. The van der Waals surface area contributed by atoms with Crippen molar-refractivity contribution in [2.75, 3.05) is 6.54 Å². The average Bonchev–Trinajstić information content (AvgIpc) is 3.16. The summed E-state index contributed by atoms with van der Waals surface area (Å²) >= 11 is 0. The third kappa shape index (κ3) is 2.91. The molecule has 4 heterocycles. The van der Waals surface area contributed by atoms with Crippen LogP contribution in [0.2, 0.25) is 0 Å². The lowest BCUT2D eigenvalue weighted by molar-refractivity contribution is 0.0728. The normalized spacial score (nSPS) is 13.4. The van der Waals surface area contributed by atoms with E-state index >= 15 is 0 Å². The number of amides is 1. The SMILES string of the molecule is Cc1cc(C(=O)N2CCc3c(cnn3-c3ccccc3)C2)nc2[nH]c(=O)[nH]c(=O)c12. The van der Waals surface area contributed by atoms with Crippen molar-refractivity contribution in [2.45, 2.75) is 19.9 Å². The van der Waals surface area contributed by atoms with E-state index in [1.807, 2.05) is 35.0 Å². The first-order chi connectivity index (χ1) is 14.5. The minimum atomic E-state index is -0.653. The largest absolute Gasteiger partial charge is 0.332 e. The van der Waals surface area contributed by atoms with Gasteiger partial charge in [-0.25, -0.2) is 14.5 Å². The van der Waals surface area contributed by atoms with Gasteiger partial charge in [0.2, 0.25) is 0 Å². The number of nitrogens with zero attached hydrogens (tertiary/aromatic N) is 4. The number of aromatic nitrogens is 5. The van der Waals surface area contributed by atoms with Crippen LogP contribution in [0.25, 0.3) is 16.7 Å². The summed E-state index contributed by atoms with van der Waals surface area (Å²) < 4.78 is 1.91. The highest BCUT2D eigenvalue weighted by Crippen LogP contribution is 2.23. The van der Waals surface area contributed by atoms with Gasteiger partial charge in [-0.15, -0.1) is 0 Å². The highest BCUT2D eigenvalue weighted by Gasteiger charge is 2.26. The first-order valence-corrected chi connectivity index (χ1v) is 9.55. The van der Waals surface area contributed by atoms with Crippen LogP contribution in [0.15, 0.2) is 52.2 Å². The molecule has 0 saturated carbocycles. The fourth-order valence-corrected chi connectivity index (χ4v) is 3.92. The highest BCUT2D eigenvalue weighted by molar-refractivity contribution is 5.95. The van der Waals surface area contributed by atoms with E-state index in [0.29, 0.717) is 25.1 Å². The van der Waals surface area contributed by atoms with E-state index < -0.39 is 11.2 Å². The highest BCUT2D eigenvalue weighted by atomic mass is 16.2. The van der Waals surface area contributed by atoms with Crippen LogP contribution in [0.1, 0.15) is 27.3 Å². The molecule has 3 aromatic heterocycles. The Kier molecular flexibility index (Phi) is 4.09. The molecule has 30 heavy (non-hydrogen) atoms. The molecule has 0 fully saturated rings. The van der Waals surface area contributed by atoms with Gasteiger partial charge in [-0.05, 0) is 30.7 Å². The molecule has 9 heteroatoms. The van der Waals surface area contributed by atoms with Crippen molar-refractivity contribution in [3.05, 3.63) is 85.9 Å². The summed E-state index contributed by atoms with van der Waals surface area (Å²) in [5.74, 6) is -0.251. The number of carbonyl (C=O) groups is 1. The quantitative estimate of drug-likeness (QED) is 0.524. The van der Waals surface area contributed by atoms with Crippen LogP contribution in [0.5, 0.6) is 0 Å². The van der Waals surface area contributed by atoms with Gasteiger partial charge in [0.1, 0.15) is 11.3 Å². The predicted octanol–water partition coefficient (Wildman–Crippen LogP) is 1.30. The molecule has 0 aliphatic carbocycles. The van der Waals surface area contributed by atoms with E-state index in [-0.39, 0.29) is 22.6 Å². The Morgan fingerprint density at radius 1 is 1.13 bits per heavy atom. The zero-order valence-corrected chi connectivity index (χ0v) is 16.2. The molecule has 9 nitrogen and oxygen atoms in total. The van der Waals surface area contributed by atoms with Crippen molar-refractivity contribution in [2.24, 2.45) is 0 Å². The maximum absolute atomic E-state index is 13.1. The zero-order chi connectivity index (χ0) is 20.8. The monoisotopic (exact) mass is 402 g/mol. The number of rotatable bonds is 2. The van der Waals surface area contributed by atoms with Crippen molar-refractivity contribution in [1.29, 1.82) is 0 Å². The summed E-state index contributed by atoms with van der Waals surface area (Å²) in [4.78, 5) is 47.4.